The lowest BCUT2D eigenvalue weighted by molar-refractivity contribution is 1.05. The Balaban J connectivity index is 2.24. The Morgan fingerprint density at radius 1 is 1.14 bits per heavy atom. The zero-order chi connectivity index (χ0) is 9.80. The van der Waals surface area contributed by atoms with Gasteiger partial charge in [-0.15, -0.1) is 0 Å². The lowest BCUT2D eigenvalue weighted by Crippen LogP contribution is -1.82. The Morgan fingerprint density at radius 2 is 2.00 bits per heavy atom. The van der Waals surface area contributed by atoms with Gasteiger partial charge < -0.3 is 0 Å². The monoisotopic (exact) mass is 314 g/mol. The quantitative estimate of drug-likeness (QED) is 0.796. The molecule has 0 spiro atoms. The molecule has 0 radical (unpaired) electrons. The third-order valence-electron chi connectivity index (χ3n) is 1.59. The summed E-state index contributed by atoms with van der Waals surface area (Å²) < 4.78 is 1.24. The highest BCUT2D eigenvalue weighted by atomic mass is 127. The molecule has 0 saturated heterocycles. The van der Waals surface area contributed by atoms with E-state index in [4.69, 9.17) is 0 Å². The predicted molar refractivity (Wildman–Crippen MR) is 65.3 cm³/mol. The number of rotatable bonds is 2. The first-order valence-electron chi connectivity index (χ1n) is 4.04. The SMILES string of the molecule is Ic1ccccc1Sc1cnccn1. The smallest absolute Gasteiger partial charge is 0.119 e. The molecule has 0 aliphatic rings. The van der Waals surface area contributed by atoms with Crippen molar-refractivity contribution >= 4 is 34.4 Å². The Kier molecular flexibility index (Phi) is 3.36. The number of aromatic nitrogens is 2. The van der Waals surface area contributed by atoms with Crippen LogP contribution in [-0.2, 0) is 0 Å². The first-order chi connectivity index (χ1) is 6.86. The molecule has 0 aliphatic carbocycles. The summed E-state index contributed by atoms with van der Waals surface area (Å²) in [4.78, 5) is 9.45. The molecule has 1 aromatic carbocycles. The molecule has 0 atom stereocenters. The summed E-state index contributed by atoms with van der Waals surface area (Å²) in [6.07, 6.45) is 5.16. The van der Waals surface area contributed by atoms with Crippen LogP contribution in [0.5, 0.6) is 0 Å². The minimum absolute atomic E-state index is 0.927. The van der Waals surface area contributed by atoms with Crippen molar-refractivity contribution in [3.8, 4) is 0 Å². The highest BCUT2D eigenvalue weighted by Crippen LogP contribution is 2.28. The fourth-order valence-electron chi connectivity index (χ4n) is 0.978. The maximum atomic E-state index is 4.21. The van der Waals surface area contributed by atoms with Crippen LogP contribution in [0.2, 0.25) is 0 Å². The normalized spacial score (nSPS) is 10.1. The van der Waals surface area contributed by atoms with Gasteiger partial charge in [0.1, 0.15) is 5.03 Å². The first-order valence-corrected chi connectivity index (χ1v) is 5.94. The van der Waals surface area contributed by atoms with Gasteiger partial charge in [-0.3, -0.25) is 4.98 Å². The van der Waals surface area contributed by atoms with E-state index in [1.165, 1.54) is 8.47 Å². The van der Waals surface area contributed by atoms with Crippen LogP contribution in [0.1, 0.15) is 0 Å². The van der Waals surface area contributed by atoms with Crippen LogP contribution in [0.15, 0.2) is 52.8 Å². The molecule has 0 unspecified atom stereocenters. The molecule has 0 fully saturated rings. The van der Waals surface area contributed by atoms with Crippen molar-refractivity contribution < 1.29 is 0 Å². The summed E-state index contributed by atoms with van der Waals surface area (Å²) in [6.45, 7) is 0. The van der Waals surface area contributed by atoms with Crippen molar-refractivity contribution in [2.75, 3.05) is 0 Å². The van der Waals surface area contributed by atoms with Gasteiger partial charge in [-0.25, -0.2) is 4.98 Å². The van der Waals surface area contributed by atoms with E-state index in [0.29, 0.717) is 0 Å². The number of hydrogen-bond acceptors (Lipinski definition) is 3. The zero-order valence-corrected chi connectivity index (χ0v) is 10.2. The van der Waals surface area contributed by atoms with Crippen LogP contribution in [0, 0.1) is 3.57 Å². The molecule has 1 heterocycles. The summed E-state index contributed by atoms with van der Waals surface area (Å²) in [5.74, 6) is 0. The molecule has 70 valence electrons. The number of nitrogens with zero attached hydrogens (tertiary/aromatic N) is 2. The Bertz CT molecular complexity index is 419. The fourth-order valence-corrected chi connectivity index (χ4v) is 2.46. The summed E-state index contributed by atoms with van der Waals surface area (Å²) in [7, 11) is 0. The lowest BCUT2D eigenvalue weighted by Gasteiger charge is -2.01. The van der Waals surface area contributed by atoms with Crippen LogP contribution in [0.3, 0.4) is 0 Å². The second kappa shape index (κ2) is 4.75. The van der Waals surface area contributed by atoms with Crippen LogP contribution >= 0.6 is 34.4 Å². The third kappa shape index (κ3) is 2.45. The van der Waals surface area contributed by atoms with Crippen LogP contribution < -0.4 is 0 Å². The van der Waals surface area contributed by atoms with Crippen LogP contribution in [0.25, 0.3) is 0 Å². The molecule has 0 N–H and O–H groups in total. The number of halogens is 1. The van der Waals surface area contributed by atoms with E-state index in [2.05, 4.69) is 44.7 Å². The molecular weight excluding hydrogens is 307 g/mol. The number of hydrogen-bond donors (Lipinski definition) is 0. The fraction of sp³-hybridized carbons (Fsp3) is 0. The van der Waals surface area contributed by atoms with Crippen LogP contribution in [-0.4, -0.2) is 9.97 Å². The van der Waals surface area contributed by atoms with Crippen molar-refractivity contribution in [1.82, 2.24) is 9.97 Å². The maximum absolute atomic E-state index is 4.21. The standard InChI is InChI=1S/C10H7IN2S/c11-8-3-1-2-4-9(8)14-10-7-12-5-6-13-10/h1-7H. The average Bonchev–Trinajstić information content (AvgIpc) is 2.23. The van der Waals surface area contributed by atoms with E-state index in [-0.39, 0.29) is 0 Å². The van der Waals surface area contributed by atoms with E-state index in [1.54, 1.807) is 30.4 Å². The van der Waals surface area contributed by atoms with Crippen molar-refractivity contribution in [2.45, 2.75) is 9.92 Å². The summed E-state index contributed by atoms with van der Waals surface area (Å²) in [5, 5.41) is 0.927. The van der Waals surface area contributed by atoms with E-state index in [9.17, 15) is 0 Å². The van der Waals surface area contributed by atoms with E-state index in [0.717, 1.165) is 5.03 Å². The number of benzene rings is 1. The van der Waals surface area contributed by atoms with Crippen molar-refractivity contribution in [2.24, 2.45) is 0 Å². The van der Waals surface area contributed by atoms with E-state index < -0.39 is 0 Å². The molecule has 2 aromatic rings. The summed E-state index contributed by atoms with van der Waals surface area (Å²) in [5.41, 5.74) is 0. The minimum atomic E-state index is 0.927. The van der Waals surface area contributed by atoms with E-state index >= 15 is 0 Å². The molecule has 0 amide bonds. The van der Waals surface area contributed by atoms with Gasteiger partial charge in [0.2, 0.25) is 0 Å². The molecule has 2 nitrogen and oxygen atoms in total. The minimum Gasteiger partial charge on any atom is -0.260 e. The molecule has 0 bridgehead atoms. The first kappa shape index (κ1) is 9.92. The third-order valence-corrected chi connectivity index (χ3v) is 3.89. The van der Waals surface area contributed by atoms with Crippen molar-refractivity contribution in [3.05, 3.63) is 46.4 Å². The van der Waals surface area contributed by atoms with Crippen molar-refractivity contribution in [3.63, 3.8) is 0 Å². The molecule has 0 aliphatic heterocycles. The topological polar surface area (TPSA) is 25.8 Å². The van der Waals surface area contributed by atoms with Gasteiger partial charge in [-0.05, 0) is 34.7 Å². The average molecular weight is 314 g/mol. The molecule has 4 heteroatoms. The molecule has 0 saturated carbocycles. The summed E-state index contributed by atoms with van der Waals surface area (Å²) in [6, 6.07) is 8.23. The van der Waals surface area contributed by atoms with Gasteiger partial charge in [0.15, 0.2) is 0 Å². The zero-order valence-electron chi connectivity index (χ0n) is 7.22. The highest BCUT2D eigenvalue weighted by molar-refractivity contribution is 14.1. The van der Waals surface area contributed by atoms with Crippen molar-refractivity contribution in [1.29, 1.82) is 0 Å². The van der Waals surface area contributed by atoms with Gasteiger partial charge >= 0.3 is 0 Å². The lowest BCUT2D eigenvalue weighted by atomic mass is 10.4. The molecule has 14 heavy (non-hydrogen) atoms. The van der Waals surface area contributed by atoms with Gasteiger partial charge in [0.25, 0.3) is 0 Å². The Morgan fingerprint density at radius 3 is 2.71 bits per heavy atom. The Labute approximate surface area is 100 Å². The largest absolute Gasteiger partial charge is 0.260 e. The van der Waals surface area contributed by atoms with Gasteiger partial charge in [0, 0.05) is 20.9 Å². The van der Waals surface area contributed by atoms with Gasteiger partial charge in [0.05, 0.1) is 6.20 Å². The predicted octanol–water partition coefficient (Wildman–Crippen LogP) is 3.23. The van der Waals surface area contributed by atoms with Crippen LogP contribution in [0.4, 0.5) is 0 Å². The van der Waals surface area contributed by atoms with Gasteiger partial charge in [-0.1, -0.05) is 23.9 Å². The molecule has 2 rings (SSSR count). The van der Waals surface area contributed by atoms with Gasteiger partial charge in [-0.2, -0.15) is 0 Å². The Hall–Kier alpha value is -0.620. The maximum Gasteiger partial charge on any atom is 0.119 e. The molecule has 1 aromatic heterocycles. The second-order valence-electron chi connectivity index (χ2n) is 2.58. The van der Waals surface area contributed by atoms with E-state index in [1.807, 2.05) is 12.1 Å². The second-order valence-corrected chi connectivity index (χ2v) is 4.80. The molecular formula is C10H7IN2S. The highest BCUT2D eigenvalue weighted by Gasteiger charge is 2.01. The summed E-state index contributed by atoms with van der Waals surface area (Å²) >= 11 is 3.95.